The van der Waals surface area contributed by atoms with Gasteiger partial charge in [0.2, 0.25) is 0 Å². The molecule has 88 valence electrons. The molecule has 0 fully saturated rings. The topological polar surface area (TPSA) is 86.9 Å². The molecule has 6 heteroatoms. The van der Waals surface area contributed by atoms with Gasteiger partial charge in [-0.2, -0.15) is 5.26 Å². The second kappa shape index (κ2) is 5.29. The molecule has 2 heterocycles. The average molecular weight is 257 g/mol. The van der Waals surface area contributed by atoms with Gasteiger partial charge >= 0.3 is 5.97 Å². The minimum absolute atomic E-state index is 0.107. The van der Waals surface area contributed by atoms with Crippen LogP contribution in [0.1, 0.15) is 16.1 Å². The van der Waals surface area contributed by atoms with E-state index in [9.17, 15) is 4.79 Å². The van der Waals surface area contributed by atoms with E-state index in [1.54, 1.807) is 18.2 Å². The Morgan fingerprint density at radius 2 is 2.00 bits per heavy atom. The molecule has 5 nitrogen and oxygen atoms in total. The van der Waals surface area contributed by atoms with Crippen molar-refractivity contribution in [2.24, 2.45) is 0 Å². The van der Waals surface area contributed by atoms with Gasteiger partial charge in [-0.15, -0.1) is 0 Å². The maximum atomic E-state index is 11.0. The number of hydrogen-bond donors (Lipinski definition) is 1. The first kappa shape index (κ1) is 12.1. The Morgan fingerprint density at radius 1 is 1.28 bits per heavy atom. The van der Waals surface area contributed by atoms with Crippen molar-refractivity contribution in [1.29, 1.82) is 5.26 Å². The van der Waals surface area contributed by atoms with Crippen molar-refractivity contribution in [3.05, 3.63) is 47.9 Å². The maximum Gasteiger partial charge on any atom is 0.338 e. The van der Waals surface area contributed by atoms with Gasteiger partial charge in [0.1, 0.15) is 11.1 Å². The largest absolute Gasteiger partial charge is 0.478 e. The number of carboxylic acid groups (broad SMARTS) is 1. The molecule has 1 N–H and O–H groups in total. The van der Waals surface area contributed by atoms with E-state index >= 15 is 0 Å². The summed E-state index contributed by atoms with van der Waals surface area (Å²) >= 11 is 1.12. The van der Waals surface area contributed by atoms with Crippen LogP contribution < -0.4 is 0 Å². The van der Waals surface area contributed by atoms with Gasteiger partial charge in [-0.25, -0.2) is 14.8 Å². The Hall–Kier alpha value is -2.39. The fraction of sp³-hybridized carbons (Fsp3) is 0. The fourth-order valence-electron chi connectivity index (χ4n) is 1.30. The van der Waals surface area contributed by atoms with Gasteiger partial charge in [0.15, 0.2) is 5.69 Å². The van der Waals surface area contributed by atoms with Gasteiger partial charge in [-0.3, -0.25) is 0 Å². The number of hydrogen-bond acceptors (Lipinski definition) is 5. The Labute approximate surface area is 107 Å². The van der Waals surface area contributed by atoms with Crippen LogP contribution in [0.25, 0.3) is 0 Å². The van der Waals surface area contributed by atoms with E-state index in [4.69, 9.17) is 10.4 Å². The molecular weight excluding hydrogens is 250 g/mol. The van der Waals surface area contributed by atoms with Gasteiger partial charge in [0.25, 0.3) is 0 Å². The quantitative estimate of drug-likeness (QED) is 0.906. The highest BCUT2D eigenvalue weighted by Gasteiger charge is 2.13. The summed E-state index contributed by atoms with van der Waals surface area (Å²) in [6, 6.07) is 8.38. The van der Waals surface area contributed by atoms with E-state index in [0.29, 0.717) is 9.92 Å². The van der Waals surface area contributed by atoms with Crippen LogP contribution in [0, 0.1) is 11.3 Å². The van der Waals surface area contributed by atoms with Crippen molar-refractivity contribution in [3.63, 3.8) is 0 Å². The lowest BCUT2D eigenvalue weighted by atomic mass is 10.3. The number of aromatic carboxylic acids is 1. The first-order valence-corrected chi connectivity index (χ1v) is 5.75. The number of nitrogens with zero attached hydrogens (tertiary/aromatic N) is 3. The molecule has 0 saturated heterocycles. The molecule has 0 saturated carbocycles. The van der Waals surface area contributed by atoms with Crippen LogP contribution in [0.2, 0.25) is 0 Å². The second-order valence-corrected chi connectivity index (χ2v) is 4.26. The zero-order valence-corrected chi connectivity index (χ0v) is 9.89. The highest BCUT2D eigenvalue weighted by molar-refractivity contribution is 7.99. The molecule has 0 amide bonds. The summed E-state index contributed by atoms with van der Waals surface area (Å²) in [7, 11) is 0. The molecule has 0 aliphatic rings. The predicted molar refractivity (Wildman–Crippen MR) is 64.3 cm³/mol. The third kappa shape index (κ3) is 2.47. The molecule has 2 aromatic rings. The van der Waals surface area contributed by atoms with E-state index in [0.717, 1.165) is 11.8 Å². The van der Waals surface area contributed by atoms with Crippen LogP contribution in [-0.2, 0) is 0 Å². The second-order valence-electron chi connectivity index (χ2n) is 3.23. The lowest BCUT2D eigenvalue weighted by molar-refractivity contribution is 0.0692. The Kier molecular flexibility index (Phi) is 3.55. The average Bonchev–Trinajstić information content (AvgIpc) is 2.40. The number of nitriles is 1. The Morgan fingerprint density at radius 3 is 2.72 bits per heavy atom. The SMILES string of the molecule is N#Cc1ncccc1Sc1ncccc1C(=O)O. The zero-order valence-electron chi connectivity index (χ0n) is 9.07. The van der Waals surface area contributed by atoms with Gasteiger partial charge in [-0.1, -0.05) is 11.8 Å². The van der Waals surface area contributed by atoms with E-state index in [2.05, 4.69) is 9.97 Å². The molecule has 0 aliphatic carbocycles. The van der Waals surface area contributed by atoms with E-state index in [-0.39, 0.29) is 11.3 Å². The molecule has 0 aromatic carbocycles. The molecule has 0 bridgehead atoms. The molecule has 18 heavy (non-hydrogen) atoms. The van der Waals surface area contributed by atoms with Crippen molar-refractivity contribution in [3.8, 4) is 6.07 Å². The van der Waals surface area contributed by atoms with Gasteiger partial charge in [0.05, 0.1) is 10.5 Å². The number of carboxylic acids is 1. The van der Waals surface area contributed by atoms with Crippen LogP contribution in [0.4, 0.5) is 0 Å². The monoisotopic (exact) mass is 257 g/mol. The van der Waals surface area contributed by atoms with Crippen molar-refractivity contribution >= 4 is 17.7 Å². The molecule has 0 aliphatic heterocycles. The molecule has 2 aromatic heterocycles. The van der Waals surface area contributed by atoms with E-state index in [1.807, 2.05) is 6.07 Å². The van der Waals surface area contributed by atoms with Crippen molar-refractivity contribution in [2.45, 2.75) is 9.92 Å². The first-order chi connectivity index (χ1) is 8.72. The molecule has 0 spiro atoms. The van der Waals surface area contributed by atoms with Crippen LogP contribution in [0.5, 0.6) is 0 Å². The minimum Gasteiger partial charge on any atom is -0.478 e. The van der Waals surface area contributed by atoms with Crippen molar-refractivity contribution in [1.82, 2.24) is 9.97 Å². The maximum absolute atomic E-state index is 11.0. The number of pyridine rings is 2. The summed E-state index contributed by atoms with van der Waals surface area (Å²) < 4.78 is 0. The Bertz CT molecular complexity index is 637. The van der Waals surface area contributed by atoms with E-state index < -0.39 is 5.97 Å². The van der Waals surface area contributed by atoms with Crippen LogP contribution in [0.3, 0.4) is 0 Å². The smallest absolute Gasteiger partial charge is 0.338 e. The summed E-state index contributed by atoms with van der Waals surface area (Å²) in [6.45, 7) is 0. The van der Waals surface area contributed by atoms with E-state index in [1.165, 1.54) is 18.5 Å². The summed E-state index contributed by atoms with van der Waals surface area (Å²) in [5.41, 5.74) is 0.361. The zero-order chi connectivity index (χ0) is 13.0. The highest BCUT2D eigenvalue weighted by Crippen LogP contribution is 2.29. The lowest BCUT2D eigenvalue weighted by Crippen LogP contribution is -2.00. The standard InChI is InChI=1S/C12H7N3O2S/c13-7-9-10(4-2-5-14-9)18-11-8(12(16)17)3-1-6-15-11/h1-6H,(H,16,17). The summed E-state index contributed by atoms with van der Waals surface area (Å²) in [5.74, 6) is -1.05. The molecule has 0 radical (unpaired) electrons. The number of aromatic nitrogens is 2. The summed E-state index contributed by atoms with van der Waals surface area (Å²) in [5, 5.41) is 18.3. The van der Waals surface area contributed by atoms with Crippen LogP contribution >= 0.6 is 11.8 Å². The highest BCUT2D eigenvalue weighted by atomic mass is 32.2. The van der Waals surface area contributed by atoms with Crippen molar-refractivity contribution < 1.29 is 9.90 Å². The first-order valence-electron chi connectivity index (χ1n) is 4.93. The van der Waals surface area contributed by atoms with Crippen LogP contribution in [-0.4, -0.2) is 21.0 Å². The molecule has 2 rings (SSSR count). The van der Waals surface area contributed by atoms with Gasteiger partial charge in [-0.05, 0) is 24.3 Å². The summed E-state index contributed by atoms with van der Waals surface area (Å²) in [4.78, 5) is 19.5. The number of rotatable bonds is 3. The molecule has 0 atom stereocenters. The normalized spacial score (nSPS) is 9.72. The summed E-state index contributed by atoms with van der Waals surface area (Å²) in [6.07, 6.45) is 3.02. The predicted octanol–water partition coefficient (Wildman–Crippen LogP) is 2.20. The number of carbonyl (C=O) groups is 1. The van der Waals surface area contributed by atoms with Crippen molar-refractivity contribution in [2.75, 3.05) is 0 Å². The lowest BCUT2D eigenvalue weighted by Gasteiger charge is -2.04. The fourth-order valence-corrected chi connectivity index (χ4v) is 2.22. The van der Waals surface area contributed by atoms with Crippen LogP contribution in [0.15, 0.2) is 46.6 Å². The third-order valence-corrected chi connectivity index (χ3v) is 3.15. The molecular formula is C12H7N3O2S. The minimum atomic E-state index is -1.05. The third-order valence-electron chi connectivity index (χ3n) is 2.08. The van der Waals surface area contributed by atoms with Gasteiger partial charge < -0.3 is 5.11 Å². The van der Waals surface area contributed by atoms with Gasteiger partial charge in [0, 0.05) is 12.4 Å². The molecule has 0 unspecified atom stereocenters. The Balaban J connectivity index is 2.41.